The number of amides is 1. The molecule has 148 valence electrons. The maximum Gasteiger partial charge on any atom is 0.337 e. The molecule has 1 fully saturated rings. The second-order valence-electron chi connectivity index (χ2n) is 6.77. The number of esters is 1. The summed E-state index contributed by atoms with van der Waals surface area (Å²) in [6, 6.07) is 11.8. The van der Waals surface area contributed by atoms with E-state index in [2.05, 4.69) is 10.1 Å². The first kappa shape index (κ1) is 20.6. The van der Waals surface area contributed by atoms with Crippen LogP contribution in [0.4, 0.5) is 0 Å². The van der Waals surface area contributed by atoms with Crippen LogP contribution in [0.25, 0.3) is 0 Å². The van der Waals surface area contributed by atoms with Crippen LogP contribution < -0.4 is 5.32 Å². The monoisotopic (exact) mass is 421 g/mol. The zero-order valence-corrected chi connectivity index (χ0v) is 17.0. The molecule has 1 saturated heterocycles. The molecule has 7 heteroatoms. The van der Waals surface area contributed by atoms with Crippen molar-refractivity contribution in [2.24, 2.45) is 0 Å². The van der Waals surface area contributed by atoms with Crippen molar-refractivity contribution in [3.8, 4) is 0 Å². The van der Waals surface area contributed by atoms with E-state index in [1.807, 2.05) is 12.1 Å². The van der Waals surface area contributed by atoms with Gasteiger partial charge in [-0.05, 0) is 54.8 Å². The lowest BCUT2D eigenvalue weighted by Gasteiger charge is -2.38. The fraction of sp³-hybridized carbons (Fsp3) is 0.333. The number of carbonyl (C=O) groups is 2. The highest BCUT2D eigenvalue weighted by Gasteiger charge is 2.36. The van der Waals surface area contributed by atoms with E-state index in [1.165, 1.54) is 7.11 Å². The number of methoxy groups -OCH3 is 1. The molecule has 5 nitrogen and oxygen atoms in total. The zero-order valence-electron chi connectivity index (χ0n) is 15.5. The third-order valence-electron chi connectivity index (χ3n) is 5.11. The van der Waals surface area contributed by atoms with Crippen molar-refractivity contribution in [2.45, 2.75) is 18.3 Å². The molecule has 3 rings (SSSR count). The van der Waals surface area contributed by atoms with Gasteiger partial charge in [0.25, 0.3) is 5.91 Å². The minimum Gasteiger partial charge on any atom is -0.465 e. The van der Waals surface area contributed by atoms with Crippen LogP contribution in [0.5, 0.6) is 0 Å². The highest BCUT2D eigenvalue weighted by molar-refractivity contribution is 6.35. The Kier molecular flexibility index (Phi) is 6.60. The van der Waals surface area contributed by atoms with Crippen molar-refractivity contribution in [2.75, 3.05) is 26.9 Å². The van der Waals surface area contributed by atoms with E-state index in [0.29, 0.717) is 40.9 Å². The number of carbonyl (C=O) groups excluding carboxylic acids is 2. The molecule has 0 saturated carbocycles. The van der Waals surface area contributed by atoms with Crippen molar-refractivity contribution in [3.63, 3.8) is 0 Å². The van der Waals surface area contributed by atoms with Gasteiger partial charge < -0.3 is 14.8 Å². The van der Waals surface area contributed by atoms with Crippen molar-refractivity contribution >= 4 is 35.1 Å². The maximum atomic E-state index is 12.6. The molecule has 1 N–H and O–H groups in total. The third-order valence-corrected chi connectivity index (χ3v) is 5.66. The van der Waals surface area contributed by atoms with E-state index in [4.69, 9.17) is 27.9 Å². The van der Waals surface area contributed by atoms with Crippen LogP contribution in [-0.2, 0) is 14.9 Å². The van der Waals surface area contributed by atoms with Crippen LogP contribution in [0.3, 0.4) is 0 Å². The van der Waals surface area contributed by atoms with Crippen LogP contribution in [0.1, 0.15) is 39.1 Å². The first-order chi connectivity index (χ1) is 13.4. The van der Waals surface area contributed by atoms with Gasteiger partial charge in [-0.3, -0.25) is 4.79 Å². The summed E-state index contributed by atoms with van der Waals surface area (Å²) in [7, 11) is 1.32. The predicted octanol–water partition coefficient (Wildman–Crippen LogP) is 4.26. The molecule has 0 spiro atoms. The molecule has 0 aliphatic carbocycles. The summed E-state index contributed by atoms with van der Waals surface area (Å²) in [5.74, 6) is -0.655. The number of nitrogens with one attached hydrogen (secondary N) is 1. The summed E-state index contributed by atoms with van der Waals surface area (Å²) in [5, 5.41) is 4.17. The topological polar surface area (TPSA) is 64.6 Å². The van der Waals surface area contributed by atoms with Crippen molar-refractivity contribution in [3.05, 3.63) is 69.2 Å². The van der Waals surface area contributed by atoms with Crippen LogP contribution in [0, 0.1) is 0 Å². The van der Waals surface area contributed by atoms with E-state index in [1.54, 1.807) is 30.3 Å². The van der Waals surface area contributed by atoms with Gasteiger partial charge in [-0.2, -0.15) is 0 Å². The van der Waals surface area contributed by atoms with Gasteiger partial charge in [-0.1, -0.05) is 29.3 Å². The fourth-order valence-electron chi connectivity index (χ4n) is 3.45. The Morgan fingerprint density at radius 2 is 1.71 bits per heavy atom. The molecule has 0 radical (unpaired) electrons. The highest BCUT2D eigenvalue weighted by Crippen LogP contribution is 2.39. The van der Waals surface area contributed by atoms with Gasteiger partial charge in [-0.15, -0.1) is 0 Å². The van der Waals surface area contributed by atoms with Gasteiger partial charge in [-0.25, -0.2) is 4.79 Å². The van der Waals surface area contributed by atoms with Crippen LogP contribution in [-0.4, -0.2) is 38.7 Å². The molecule has 1 heterocycles. The summed E-state index contributed by atoms with van der Waals surface area (Å²) >= 11 is 12.5. The average Bonchev–Trinajstić information content (AvgIpc) is 2.72. The molecule has 1 aliphatic rings. The van der Waals surface area contributed by atoms with Crippen molar-refractivity contribution in [1.29, 1.82) is 0 Å². The Labute approximate surface area is 173 Å². The van der Waals surface area contributed by atoms with E-state index in [-0.39, 0.29) is 11.3 Å². The van der Waals surface area contributed by atoms with Gasteiger partial charge >= 0.3 is 5.97 Å². The van der Waals surface area contributed by atoms with E-state index in [0.717, 1.165) is 18.4 Å². The number of benzene rings is 2. The van der Waals surface area contributed by atoms with Gasteiger partial charge in [0.15, 0.2) is 0 Å². The lowest BCUT2D eigenvalue weighted by atomic mass is 9.74. The molecule has 0 atom stereocenters. The first-order valence-corrected chi connectivity index (χ1v) is 9.71. The summed E-state index contributed by atoms with van der Waals surface area (Å²) in [6.45, 7) is 1.63. The fourth-order valence-corrected chi connectivity index (χ4v) is 4.06. The molecule has 0 bridgehead atoms. The number of hydrogen-bond donors (Lipinski definition) is 1. The Bertz CT molecular complexity index is 861. The van der Waals surface area contributed by atoms with Gasteiger partial charge in [0.1, 0.15) is 0 Å². The second kappa shape index (κ2) is 8.95. The zero-order chi connectivity index (χ0) is 20.1. The SMILES string of the molecule is COC(=O)c1ccc(C(=O)NCC2(c3ccc(Cl)cc3Cl)CCOCC2)cc1. The first-order valence-electron chi connectivity index (χ1n) is 8.95. The lowest BCUT2D eigenvalue weighted by molar-refractivity contribution is 0.0487. The summed E-state index contributed by atoms with van der Waals surface area (Å²) in [5.41, 5.74) is 1.51. The quantitative estimate of drug-likeness (QED) is 0.732. The Morgan fingerprint density at radius 3 is 2.32 bits per heavy atom. The van der Waals surface area contributed by atoms with Crippen LogP contribution in [0.2, 0.25) is 10.0 Å². The Hall–Kier alpha value is -2.08. The highest BCUT2D eigenvalue weighted by atomic mass is 35.5. The molecule has 28 heavy (non-hydrogen) atoms. The summed E-state index contributed by atoms with van der Waals surface area (Å²) in [6.07, 6.45) is 1.49. The molecular weight excluding hydrogens is 401 g/mol. The molecule has 2 aromatic rings. The van der Waals surface area contributed by atoms with E-state index < -0.39 is 5.97 Å². The minimum absolute atomic E-state index is 0.215. The van der Waals surface area contributed by atoms with Crippen molar-refractivity contribution in [1.82, 2.24) is 5.32 Å². The lowest BCUT2D eigenvalue weighted by Crippen LogP contribution is -2.44. The number of ether oxygens (including phenoxy) is 2. The number of hydrogen-bond acceptors (Lipinski definition) is 4. The van der Waals surface area contributed by atoms with Gasteiger partial charge in [0, 0.05) is 40.8 Å². The second-order valence-corrected chi connectivity index (χ2v) is 7.61. The predicted molar refractivity (Wildman–Crippen MR) is 108 cm³/mol. The summed E-state index contributed by atoms with van der Waals surface area (Å²) < 4.78 is 10.2. The van der Waals surface area contributed by atoms with E-state index >= 15 is 0 Å². The average molecular weight is 422 g/mol. The smallest absolute Gasteiger partial charge is 0.337 e. The standard InChI is InChI=1S/C21H21Cl2NO4/c1-27-20(26)15-4-2-14(3-5-15)19(25)24-13-21(8-10-28-11-9-21)17-7-6-16(22)12-18(17)23/h2-7,12H,8-11,13H2,1H3,(H,24,25). The van der Waals surface area contributed by atoms with Crippen molar-refractivity contribution < 1.29 is 19.1 Å². The van der Waals surface area contributed by atoms with Crippen LogP contribution >= 0.6 is 23.2 Å². The Morgan fingerprint density at radius 1 is 1.07 bits per heavy atom. The normalized spacial score (nSPS) is 15.7. The van der Waals surface area contributed by atoms with Gasteiger partial charge in [0.05, 0.1) is 12.7 Å². The van der Waals surface area contributed by atoms with Gasteiger partial charge in [0.2, 0.25) is 0 Å². The molecule has 0 aromatic heterocycles. The van der Waals surface area contributed by atoms with E-state index in [9.17, 15) is 9.59 Å². The minimum atomic E-state index is -0.439. The molecule has 0 unspecified atom stereocenters. The largest absolute Gasteiger partial charge is 0.465 e. The third kappa shape index (κ3) is 4.49. The maximum absolute atomic E-state index is 12.6. The number of halogens is 2. The number of rotatable bonds is 5. The summed E-state index contributed by atoms with van der Waals surface area (Å²) in [4.78, 5) is 24.2. The van der Waals surface area contributed by atoms with Crippen LogP contribution in [0.15, 0.2) is 42.5 Å². The molecule has 1 aliphatic heterocycles. The molecule has 2 aromatic carbocycles. The molecule has 1 amide bonds. The Balaban J connectivity index is 1.77. The molecular formula is C21H21Cl2NO4.